The predicted octanol–water partition coefficient (Wildman–Crippen LogP) is 2.79. The summed E-state index contributed by atoms with van der Waals surface area (Å²) in [6.07, 6.45) is 0.122. The molecule has 2 aliphatic carbocycles. The van der Waals surface area contributed by atoms with Crippen LogP contribution in [0.5, 0.6) is 0 Å². The van der Waals surface area contributed by atoms with Crippen molar-refractivity contribution in [2.75, 3.05) is 19.6 Å². The Morgan fingerprint density at radius 1 is 1.21 bits per heavy atom. The largest absolute Gasteiger partial charge is 0.390 e. The number of alkyl halides is 3. The standard InChI is InChI=1S/C14H23F3N2/c1-13(11-4-5-11)9-18-12(10-2-3-10)8-19(13)7-6-14(15,16)17/h10-12,18H,2-9H2,1H3. The smallest absolute Gasteiger partial charge is 0.311 e. The summed E-state index contributed by atoms with van der Waals surface area (Å²) in [6.45, 7) is 3.98. The lowest BCUT2D eigenvalue weighted by atomic mass is 9.88. The van der Waals surface area contributed by atoms with Gasteiger partial charge < -0.3 is 5.32 Å². The molecule has 110 valence electrons. The van der Waals surface area contributed by atoms with E-state index in [1.807, 2.05) is 0 Å². The first kappa shape index (κ1) is 13.7. The summed E-state index contributed by atoms with van der Waals surface area (Å²) < 4.78 is 37.5. The topological polar surface area (TPSA) is 15.3 Å². The molecule has 2 nitrogen and oxygen atoms in total. The number of nitrogens with one attached hydrogen (secondary N) is 1. The van der Waals surface area contributed by atoms with Gasteiger partial charge in [0.2, 0.25) is 0 Å². The predicted molar refractivity (Wildman–Crippen MR) is 67.9 cm³/mol. The average Bonchev–Trinajstić information content (AvgIpc) is 3.16. The van der Waals surface area contributed by atoms with Crippen LogP contribution in [0.2, 0.25) is 0 Å². The third-order valence-corrected chi connectivity index (χ3v) is 5.17. The van der Waals surface area contributed by atoms with Crippen molar-refractivity contribution in [3.05, 3.63) is 0 Å². The van der Waals surface area contributed by atoms with Crippen LogP contribution < -0.4 is 5.32 Å². The van der Waals surface area contributed by atoms with Gasteiger partial charge in [0, 0.05) is 31.2 Å². The van der Waals surface area contributed by atoms with E-state index in [1.54, 1.807) is 0 Å². The summed E-state index contributed by atoms with van der Waals surface area (Å²) in [5.74, 6) is 1.30. The zero-order chi connectivity index (χ0) is 13.7. The zero-order valence-electron chi connectivity index (χ0n) is 11.5. The number of hydrogen-bond donors (Lipinski definition) is 1. The Morgan fingerprint density at radius 2 is 1.89 bits per heavy atom. The van der Waals surface area contributed by atoms with Crippen molar-refractivity contribution in [3.8, 4) is 0 Å². The van der Waals surface area contributed by atoms with Crippen molar-refractivity contribution < 1.29 is 13.2 Å². The van der Waals surface area contributed by atoms with Crippen molar-refractivity contribution in [2.24, 2.45) is 11.8 Å². The van der Waals surface area contributed by atoms with Crippen LogP contribution >= 0.6 is 0 Å². The second kappa shape index (κ2) is 4.62. The molecule has 0 aromatic rings. The first-order chi connectivity index (χ1) is 8.88. The quantitative estimate of drug-likeness (QED) is 0.849. The Hall–Kier alpha value is -0.290. The molecule has 0 bridgehead atoms. The molecular weight excluding hydrogens is 253 g/mol. The molecule has 1 N–H and O–H groups in total. The third kappa shape index (κ3) is 3.07. The Bertz CT molecular complexity index is 336. The van der Waals surface area contributed by atoms with Crippen molar-refractivity contribution >= 4 is 0 Å². The lowest BCUT2D eigenvalue weighted by molar-refractivity contribution is -0.143. The molecule has 1 aliphatic heterocycles. The molecular formula is C14H23F3N2. The van der Waals surface area contributed by atoms with E-state index in [0.29, 0.717) is 17.9 Å². The van der Waals surface area contributed by atoms with Gasteiger partial charge in [-0.25, -0.2) is 0 Å². The number of rotatable bonds is 4. The molecule has 2 unspecified atom stereocenters. The minimum atomic E-state index is -4.04. The molecule has 19 heavy (non-hydrogen) atoms. The molecule has 1 heterocycles. The summed E-state index contributed by atoms with van der Waals surface area (Å²) in [5, 5.41) is 3.60. The van der Waals surface area contributed by atoms with Crippen molar-refractivity contribution in [1.29, 1.82) is 0 Å². The van der Waals surface area contributed by atoms with Gasteiger partial charge in [-0.3, -0.25) is 4.90 Å². The number of piperazine rings is 1. The Morgan fingerprint density at radius 3 is 2.42 bits per heavy atom. The van der Waals surface area contributed by atoms with Crippen LogP contribution in [-0.4, -0.2) is 42.3 Å². The maximum atomic E-state index is 12.5. The van der Waals surface area contributed by atoms with E-state index in [0.717, 1.165) is 13.1 Å². The molecule has 1 saturated heterocycles. The van der Waals surface area contributed by atoms with Crippen molar-refractivity contribution in [2.45, 2.75) is 56.8 Å². The molecule has 3 fully saturated rings. The van der Waals surface area contributed by atoms with Crippen molar-refractivity contribution in [1.82, 2.24) is 10.2 Å². The Kier molecular flexibility index (Phi) is 3.33. The van der Waals surface area contributed by atoms with Crippen LogP contribution in [0, 0.1) is 11.8 Å². The van der Waals surface area contributed by atoms with E-state index < -0.39 is 12.6 Å². The molecule has 2 atom stereocenters. The maximum absolute atomic E-state index is 12.5. The first-order valence-electron chi connectivity index (χ1n) is 7.44. The molecule has 0 radical (unpaired) electrons. The monoisotopic (exact) mass is 276 g/mol. The fourth-order valence-corrected chi connectivity index (χ4v) is 3.49. The second-order valence-electron chi connectivity index (χ2n) is 6.77. The van der Waals surface area contributed by atoms with Gasteiger partial charge in [0.1, 0.15) is 0 Å². The van der Waals surface area contributed by atoms with E-state index >= 15 is 0 Å². The molecule has 5 heteroatoms. The van der Waals surface area contributed by atoms with Crippen LogP contribution in [0.1, 0.15) is 39.0 Å². The van der Waals surface area contributed by atoms with E-state index in [-0.39, 0.29) is 12.1 Å². The molecule has 2 saturated carbocycles. The molecule has 3 rings (SSSR count). The van der Waals surface area contributed by atoms with Gasteiger partial charge in [0.25, 0.3) is 0 Å². The highest BCUT2D eigenvalue weighted by Crippen LogP contribution is 2.46. The molecule has 0 amide bonds. The average molecular weight is 276 g/mol. The lowest BCUT2D eigenvalue weighted by Crippen LogP contribution is -2.65. The normalized spacial score (nSPS) is 37.6. The fraction of sp³-hybridized carbons (Fsp3) is 1.00. The van der Waals surface area contributed by atoms with Crippen LogP contribution in [0.4, 0.5) is 13.2 Å². The summed E-state index contributed by atoms with van der Waals surface area (Å²) in [6, 6.07) is 0.417. The first-order valence-corrected chi connectivity index (χ1v) is 7.44. The van der Waals surface area contributed by atoms with E-state index in [4.69, 9.17) is 0 Å². The minimum absolute atomic E-state index is 0.0589. The van der Waals surface area contributed by atoms with E-state index in [1.165, 1.54) is 25.7 Å². The summed E-state index contributed by atoms with van der Waals surface area (Å²) >= 11 is 0. The van der Waals surface area contributed by atoms with E-state index in [9.17, 15) is 13.2 Å². The van der Waals surface area contributed by atoms with Gasteiger partial charge >= 0.3 is 6.18 Å². The molecule has 3 aliphatic rings. The molecule has 0 spiro atoms. The van der Waals surface area contributed by atoms with Crippen LogP contribution in [0.25, 0.3) is 0 Å². The SMILES string of the molecule is CC1(C2CC2)CNC(C2CC2)CN1CCC(F)(F)F. The van der Waals surface area contributed by atoms with E-state index in [2.05, 4.69) is 17.1 Å². The Balaban J connectivity index is 1.65. The fourth-order valence-electron chi connectivity index (χ4n) is 3.49. The highest BCUT2D eigenvalue weighted by Gasteiger charge is 2.50. The molecule has 0 aromatic carbocycles. The molecule has 0 aromatic heterocycles. The summed E-state index contributed by atoms with van der Waals surface area (Å²) in [5.41, 5.74) is -0.0589. The minimum Gasteiger partial charge on any atom is -0.311 e. The number of nitrogens with zero attached hydrogens (tertiary/aromatic N) is 1. The highest BCUT2D eigenvalue weighted by atomic mass is 19.4. The number of hydrogen-bond acceptors (Lipinski definition) is 2. The van der Waals surface area contributed by atoms with Gasteiger partial charge in [-0.1, -0.05) is 0 Å². The van der Waals surface area contributed by atoms with Gasteiger partial charge in [0.05, 0.1) is 6.42 Å². The lowest BCUT2D eigenvalue weighted by Gasteiger charge is -2.49. The van der Waals surface area contributed by atoms with Crippen molar-refractivity contribution in [3.63, 3.8) is 0 Å². The van der Waals surface area contributed by atoms with Crippen LogP contribution in [0.3, 0.4) is 0 Å². The summed E-state index contributed by atoms with van der Waals surface area (Å²) in [4.78, 5) is 2.14. The summed E-state index contributed by atoms with van der Waals surface area (Å²) in [7, 11) is 0. The van der Waals surface area contributed by atoms with Gasteiger partial charge in [0.15, 0.2) is 0 Å². The van der Waals surface area contributed by atoms with Gasteiger partial charge in [-0.05, 0) is 44.4 Å². The zero-order valence-corrected chi connectivity index (χ0v) is 11.5. The Labute approximate surface area is 112 Å². The van der Waals surface area contributed by atoms with Gasteiger partial charge in [-0.15, -0.1) is 0 Å². The van der Waals surface area contributed by atoms with Crippen LogP contribution in [0.15, 0.2) is 0 Å². The second-order valence-corrected chi connectivity index (χ2v) is 6.77. The van der Waals surface area contributed by atoms with Gasteiger partial charge in [-0.2, -0.15) is 13.2 Å². The third-order valence-electron chi connectivity index (χ3n) is 5.17. The van der Waals surface area contributed by atoms with Crippen LogP contribution in [-0.2, 0) is 0 Å². The maximum Gasteiger partial charge on any atom is 0.390 e. The highest BCUT2D eigenvalue weighted by molar-refractivity contribution is 5.06. The number of halogens is 3.